The zero-order chi connectivity index (χ0) is 18.5. The Morgan fingerprint density at radius 1 is 1.23 bits per heavy atom. The van der Waals surface area contributed by atoms with Crippen molar-refractivity contribution in [2.24, 2.45) is 0 Å². The molecule has 0 saturated carbocycles. The van der Waals surface area contributed by atoms with Crippen LogP contribution in [0.3, 0.4) is 0 Å². The lowest BCUT2D eigenvalue weighted by molar-refractivity contribution is 0.122. The number of nitrogens with one attached hydrogen (secondary N) is 1. The number of hydrogen-bond acceptors (Lipinski definition) is 6. The average Bonchev–Trinajstić information content (AvgIpc) is 2.67. The van der Waals surface area contributed by atoms with E-state index < -0.39 is 0 Å². The largest absolute Gasteiger partial charge is 0.378 e. The molecular weight excluding hydrogens is 332 g/mol. The van der Waals surface area contributed by atoms with Crippen molar-refractivity contribution in [3.63, 3.8) is 0 Å². The third-order valence-electron chi connectivity index (χ3n) is 4.84. The van der Waals surface area contributed by atoms with Crippen molar-refractivity contribution < 1.29 is 9.53 Å². The standard InChI is InChI=1S/C18H30N6O2/c1-4-5-7-19-18(25)24-8-6-15-14(13-24)16(22(2)3)21-17(20-15)23-9-11-26-12-10-23/h4-13H2,1-3H3,(H,19,25). The first-order chi connectivity index (χ1) is 12.6. The van der Waals surface area contributed by atoms with Crippen molar-refractivity contribution in [2.45, 2.75) is 32.7 Å². The zero-order valence-electron chi connectivity index (χ0n) is 16.1. The highest BCUT2D eigenvalue weighted by Gasteiger charge is 2.27. The van der Waals surface area contributed by atoms with Crippen LogP contribution in [0.1, 0.15) is 31.0 Å². The topological polar surface area (TPSA) is 73.8 Å². The molecule has 3 heterocycles. The molecule has 0 bridgehead atoms. The Labute approximate surface area is 155 Å². The van der Waals surface area contributed by atoms with Crippen molar-refractivity contribution in [3.8, 4) is 0 Å². The van der Waals surface area contributed by atoms with Gasteiger partial charge in [0, 0.05) is 52.3 Å². The van der Waals surface area contributed by atoms with Gasteiger partial charge >= 0.3 is 6.03 Å². The van der Waals surface area contributed by atoms with Crippen LogP contribution in [0.25, 0.3) is 0 Å². The summed E-state index contributed by atoms with van der Waals surface area (Å²) in [7, 11) is 3.98. The molecule has 0 spiro atoms. The number of amides is 2. The Morgan fingerprint density at radius 2 is 2.00 bits per heavy atom. The van der Waals surface area contributed by atoms with Gasteiger partial charge in [-0.05, 0) is 6.42 Å². The number of nitrogens with zero attached hydrogens (tertiary/aromatic N) is 5. The molecule has 0 atom stereocenters. The van der Waals surface area contributed by atoms with Crippen LogP contribution in [-0.4, -0.2) is 74.4 Å². The molecule has 1 N–H and O–H groups in total. The minimum Gasteiger partial charge on any atom is -0.378 e. The molecule has 1 aromatic rings. The van der Waals surface area contributed by atoms with Gasteiger partial charge in [0.2, 0.25) is 5.95 Å². The first-order valence-corrected chi connectivity index (χ1v) is 9.52. The van der Waals surface area contributed by atoms with Gasteiger partial charge in [0.25, 0.3) is 0 Å². The molecule has 0 unspecified atom stereocenters. The van der Waals surface area contributed by atoms with E-state index >= 15 is 0 Å². The number of rotatable bonds is 5. The van der Waals surface area contributed by atoms with Crippen molar-refractivity contribution in [1.29, 1.82) is 0 Å². The number of anilines is 2. The minimum absolute atomic E-state index is 0.00561. The van der Waals surface area contributed by atoms with Crippen molar-refractivity contribution >= 4 is 17.8 Å². The summed E-state index contributed by atoms with van der Waals surface area (Å²) < 4.78 is 5.43. The molecular formula is C18H30N6O2. The molecule has 1 aromatic heterocycles. The van der Waals surface area contributed by atoms with E-state index in [-0.39, 0.29) is 6.03 Å². The van der Waals surface area contributed by atoms with Crippen molar-refractivity contribution in [1.82, 2.24) is 20.2 Å². The molecule has 0 aromatic carbocycles. The Hall–Kier alpha value is -2.09. The maximum absolute atomic E-state index is 12.4. The molecule has 2 amide bonds. The van der Waals surface area contributed by atoms with Crippen LogP contribution in [0.2, 0.25) is 0 Å². The van der Waals surface area contributed by atoms with Gasteiger partial charge in [0.05, 0.1) is 25.5 Å². The maximum Gasteiger partial charge on any atom is 0.317 e. The van der Waals surface area contributed by atoms with Crippen molar-refractivity contribution in [2.75, 3.05) is 63.3 Å². The molecule has 3 rings (SSSR count). The number of urea groups is 1. The number of carbonyl (C=O) groups is 1. The van der Waals surface area contributed by atoms with Gasteiger partial charge in [-0.25, -0.2) is 9.78 Å². The number of carbonyl (C=O) groups excluding carboxylic acids is 1. The van der Waals surface area contributed by atoms with Gasteiger partial charge in [0.1, 0.15) is 5.82 Å². The molecule has 144 valence electrons. The second kappa shape index (κ2) is 8.53. The number of ether oxygens (including phenoxy) is 1. The fourth-order valence-electron chi connectivity index (χ4n) is 3.32. The maximum atomic E-state index is 12.4. The second-order valence-corrected chi connectivity index (χ2v) is 7.02. The number of fused-ring (bicyclic) bond motifs is 1. The highest BCUT2D eigenvalue weighted by Crippen LogP contribution is 2.28. The third-order valence-corrected chi connectivity index (χ3v) is 4.84. The average molecular weight is 362 g/mol. The van der Waals surface area contributed by atoms with E-state index in [0.29, 0.717) is 26.3 Å². The molecule has 0 radical (unpaired) electrons. The number of hydrogen-bond donors (Lipinski definition) is 1. The summed E-state index contributed by atoms with van der Waals surface area (Å²) in [4.78, 5) is 28.1. The van der Waals surface area contributed by atoms with E-state index in [4.69, 9.17) is 14.7 Å². The van der Waals surface area contributed by atoms with E-state index in [2.05, 4.69) is 17.1 Å². The van der Waals surface area contributed by atoms with Crippen molar-refractivity contribution in [3.05, 3.63) is 11.3 Å². The highest BCUT2D eigenvalue weighted by molar-refractivity contribution is 5.75. The molecule has 2 aliphatic heterocycles. The molecule has 8 nitrogen and oxygen atoms in total. The summed E-state index contributed by atoms with van der Waals surface area (Å²) in [6.45, 7) is 7.16. The van der Waals surface area contributed by atoms with Gasteiger partial charge in [-0.1, -0.05) is 13.3 Å². The summed E-state index contributed by atoms with van der Waals surface area (Å²) in [5.41, 5.74) is 2.12. The van der Waals surface area contributed by atoms with Gasteiger partial charge in [-0.15, -0.1) is 0 Å². The van der Waals surface area contributed by atoms with Gasteiger partial charge in [-0.3, -0.25) is 0 Å². The lowest BCUT2D eigenvalue weighted by Gasteiger charge is -2.33. The lowest BCUT2D eigenvalue weighted by Crippen LogP contribution is -2.44. The van der Waals surface area contributed by atoms with E-state index in [1.807, 2.05) is 23.9 Å². The van der Waals surface area contributed by atoms with E-state index in [1.165, 1.54) is 0 Å². The second-order valence-electron chi connectivity index (χ2n) is 7.02. The zero-order valence-corrected chi connectivity index (χ0v) is 16.1. The predicted octanol–water partition coefficient (Wildman–Crippen LogP) is 1.25. The van der Waals surface area contributed by atoms with Gasteiger partial charge in [0.15, 0.2) is 0 Å². The first-order valence-electron chi connectivity index (χ1n) is 9.52. The normalized spacial score (nSPS) is 17.0. The highest BCUT2D eigenvalue weighted by atomic mass is 16.5. The van der Waals surface area contributed by atoms with E-state index in [1.54, 1.807) is 0 Å². The van der Waals surface area contributed by atoms with Crippen LogP contribution >= 0.6 is 0 Å². The lowest BCUT2D eigenvalue weighted by atomic mass is 10.1. The summed E-state index contributed by atoms with van der Waals surface area (Å²) in [5.74, 6) is 1.68. The quantitative estimate of drug-likeness (QED) is 0.795. The van der Waals surface area contributed by atoms with Gasteiger partial charge < -0.3 is 24.8 Å². The van der Waals surface area contributed by atoms with Crippen LogP contribution in [0.5, 0.6) is 0 Å². The van der Waals surface area contributed by atoms with Crippen LogP contribution in [0, 0.1) is 0 Å². The van der Waals surface area contributed by atoms with E-state index in [0.717, 1.165) is 61.9 Å². The molecule has 1 fully saturated rings. The number of aromatic nitrogens is 2. The SMILES string of the molecule is CCCCNC(=O)N1CCc2nc(N3CCOCC3)nc(N(C)C)c2C1. The first kappa shape index (κ1) is 18.7. The molecule has 1 saturated heterocycles. The Morgan fingerprint density at radius 3 is 2.69 bits per heavy atom. The van der Waals surface area contributed by atoms with Crippen LogP contribution in [0.15, 0.2) is 0 Å². The Balaban J connectivity index is 1.79. The summed E-state index contributed by atoms with van der Waals surface area (Å²) in [6.07, 6.45) is 2.84. The number of unbranched alkanes of at least 4 members (excludes halogenated alkanes) is 1. The Bertz CT molecular complexity index is 630. The number of morpholine rings is 1. The van der Waals surface area contributed by atoms with Crippen LogP contribution < -0.4 is 15.1 Å². The monoisotopic (exact) mass is 362 g/mol. The molecule has 26 heavy (non-hydrogen) atoms. The fourth-order valence-corrected chi connectivity index (χ4v) is 3.32. The van der Waals surface area contributed by atoms with Crippen LogP contribution in [-0.2, 0) is 17.7 Å². The van der Waals surface area contributed by atoms with Gasteiger partial charge in [-0.2, -0.15) is 4.98 Å². The Kier molecular flexibility index (Phi) is 6.13. The third kappa shape index (κ3) is 4.17. The summed E-state index contributed by atoms with van der Waals surface area (Å²) in [5, 5.41) is 3.01. The summed E-state index contributed by atoms with van der Waals surface area (Å²) >= 11 is 0. The smallest absolute Gasteiger partial charge is 0.317 e. The van der Waals surface area contributed by atoms with Crippen LogP contribution in [0.4, 0.5) is 16.6 Å². The molecule has 0 aliphatic carbocycles. The molecule has 8 heteroatoms. The minimum atomic E-state index is 0.00561. The van der Waals surface area contributed by atoms with E-state index in [9.17, 15) is 4.79 Å². The molecule has 2 aliphatic rings. The fraction of sp³-hybridized carbons (Fsp3) is 0.722. The predicted molar refractivity (Wildman–Crippen MR) is 102 cm³/mol. The summed E-state index contributed by atoms with van der Waals surface area (Å²) in [6, 6.07) is 0.00561.